The number of amides is 1. The Morgan fingerprint density at radius 3 is 2.34 bits per heavy atom. The summed E-state index contributed by atoms with van der Waals surface area (Å²) < 4.78 is 1.93. The van der Waals surface area contributed by atoms with Gasteiger partial charge in [-0.2, -0.15) is 4.52 Å². The number of imidazole rings is 1. The van der Waals surface area contributed by atoms with E-state index in [1.165, 1.54) is 5.56 Å². The van der Waals surface area contributed by atoms with E-state index in [1.54, 1.807) is 35.9 Å². The van der Waals surface area contributed by atoms with E-state index in [-0.39, 0.29) is 11.4 Å². The maximum atomic E-state index is 12.8. The average molecular weight is 490 g/mol. The molecule has 3 aromatic heterocycles. The Hall–Kier alpha value is -3.46. The van der Waals surface area contributed by atoms with Gasteiger partial charge < -0.3 is 15.1 Å². The molecule has 0 aliphatic carbocycles. The number of rotatable bonds is 5. The number of aryl methyl sites for hydroxylation is 1. The van der Waals surface area contributed by atoms with Crippen LogP contribution in [0.5, 0.6) is 0 Å². The molecular weight excluding hydrogens is 458 g/mol. The summed E-state index contributed by atoms with van der Waals surface area (Å²) >= 11 is 1.59. The molecule has 35 heavy (non-hydrogen) atoms. The molecule has 4 heterocycles. The molecule has 0 bridgehead atoms. The Kier molecular flexibility index (Phi) is 6.19. The van der Waals surface area contributed by atoms with Crippen molar-refractivity contribution in [3.05, 3.63) is 59.9 Å². The molecule has 1 aliphatic heterocycles. The molecule has 0 spiro atoms. The van der Waals surface area contributed by atoms with Crippen molar-refractivity contribution in [2.24, 2.45) is 0 Å². The number of anilines is 2. The lowest BCUT2D eigenvalue weighted by atomic mass is 10.1. The number of hydrogen-bond acceptors (Lipinski definition) is 7. The molecule has 0 radical (unpaired) electrons. The van der Waals surface area contributed by atoms with Crippen molar-refractivity contribution in [2.75, 3.05) is 36.4 Å². The van der Waals surface area contributed by atoms with E-state index in [4.69, 9.17) is 10.1 Å². The van der Waals surface area contributed by atoms with Crippen molar-refractivity contribution >= 4 is 33.2 Å². The van der Waals surface area contributed by atoms with E-state index < -0.39 is 0 Å². The van der Waals surface area contributed by atoms with E-state index in [1.807, 2.05) is 9.42 Å². The maximum absolute atomic E-state index is 12.8. The number of piperazine rings is 1. The van der Waals surface area contributed by atoms with Crippen molar-refractivity contribution < 1.29 is 4.79 Å². The van der Waals surface area contributed by atoms with Crippen molar-refractivity contribution in [1.29, 1.82) is 0 Å². The number of aromatic nitrogens is 4. The van der Waals surface area contributed by atoms with Gasteiger partial charge in [0.05, 0.1) is 0 Å². The van der Waals surface area contributed by atoms with Gasteiger partial charge in [-0.15, -0.1) is 5.10 Å². The molecule has 9 heteroatoms. The lowest BCUT2D eigenvalue weighted by molar-refractivity contribution is 0.0746. The molecule has 1 N–H and O–H groups in total. The zero-order valence-electron chi connectivity index (χ0n) is 20.7. The first-order valence-electron chi connectivity index (χ1n) is 12.0. The zero-order valence-corrected chi connectivity index (χ0v) is 21.5. The van der Waals surface area contributed by atoms with Gasteiger partial charge in [0.2, 0.25) is 10.1 Å². The van der Waals surface area contributed by atoms with Gasteiger partial charge in [-0.3, -0.25) is 9.78 Å². The summed E-state index contributed by atoms with van der Waals surface area (Å²) in [5, 5.41) is 9.50. The highest BCUT2D eigenvalue weighted by Gasteiger charge is 2.27. The first-order valence-corrected chi connectivity index (χ1v) is 12.9. The highest BCUT2D eigenvalue weighted by atomic mass is 32.1. The third-order valence-electron chi connectivity index (χ3n) is 6.09. The fraction of sp³-hybridized carbons (Fsp3) is 0.385. The molecule has 1 aliphatic rings. The van der Waals surface area contributed by atoms with Crippen LogP contribution in [0.25, 0.3) is 16.2 Å². The van der Waals surface area contributed by atoms with Gasteiger partial charge in [-0.05, 0) is 44.9 Å². The van der Waals surface area contributed by atoms with E-state index in [0.29, 0.717) is 18.7 Å². The normalized spacial score (nSPS) is 14.5. The standard InChI is InChI=1S/C26H31N7OS/c1-5-18-6-8-19(9-7-18)21-22(29-26(2,3)4)33-24(28-21)35-25(30-33)32-16-14-31(15-17-32)23(34)20-10-12-27-13-11-20/h6-13,29H,5,14-17H2,1-4H3. The third kappa shape index (κ3) is 4.86. The van der Waals surface area contributed by atoms with Gasteiger partial charge in [0.1, 0.15) is 5.69 Å². The van der Waals surface area contributed by atoms with E-state index in [0.717, 1.165) is 46.7 Å². The number of pyridine rings is 1. The molecule has 0 saturated carbocycles. The molecule has 182 valence electrons. The van der Waals surface area contributed by atoms with Gasteiger partial charge in [0.25, 0.3) is 5.91 Å². The van der Waals surface area contributed by atoms with Gasteiger partial charge in [0.15, 0.2) is 5.82 Å². The van der Waals surface area contributed by atoms with E-state index in [9.17, 15) is 4.79 Å². The van der Waals surface area contributed by atoms with Crippen LogP contribution in [0.4, 0.5) is 10.9 Å². The number of nitrogens with one attached hydrogen (secondary N) is 1. The predicted octanol–water partition coefficient (Wildman–Crippen LogP) is 4.59. The summed E-state index contributed by atoms with van der Waals surface area (Å²) in [6.07, 6.45) is 4.33. The summed E-state index contributed by atoms with van der Waals surface area (Å²) in [6.45, 7) is 11.4. The molecule has 1 saturated heterocycles. The number of nitrogens with zero attached hydrogens (tertiary/aromatic N) is 6. The Balaban J connectivity index is 1.39. The largest absolute Gasteiger partial charge is 0.364 e. The second-order valence-corrected chi connectivity index (χ2v) is 10.8. The summed E-state index contributed by atoms with van der Waals surface area (Å²) in [5.74, 6) is 0.960. The second-order valence-electron chi connectivity index (χ2n) is 9.83. The van der Waals surface area contributed by atoms with Crippen LogP contribution in [-0.2, 0) is 6.42 Å². The minimum Gasteiger partial charge on any atom is -0.364 e. The summed E-state index contributed by atoms with van der Waals surface area (Å²) in [7, 11) is 0. The summed E-state index contributed by atoms with van der Waals surface area (Å²) in [6, 6.07) is 12.1. The Labute approximate surface area is 209 Å². The Morgan fingerprint density at radius 2 is 1.71 bits per heavy atom. The fourth-order valence-electron chi connectivity index (χ4n) is 4.21. The topological polar surface area (TPSA) is 78.7 Å². The number of carbonyl (C=O) groups excluding carboxylic acids is 1. The van der Waals surface area contributed by atoms with Gasteiger partial charge in [0, 0.05) is 55.2 Å². The summed E-state index contributed by atoms with van der Waals surface area (Å²) in [4.78, 5) is 26.8. The smallest absolute Gasteiger partial charge is 0.254 e. The second kappa shape index (κ2) is 9.30. The zero-order chi connectivity index (χ0) is 24.6. The van der Waals surface area contributed by atoms with Crippen LogP contribution in [-0.4, -0.2) is 62.1 Å². The fourth-order valence-corrected chi connectivity index (χ4v) is 5.16. The molecule has 0 atom stereocenters. The number of fused-ring (bicyclic) bond motifs is 1. The SMILES string of the molecule is CCc1ccc(-c2nc3sc(N4CCN(C(=O)c5ccncc5)CC4)nn3c2NC(C)(C)C)cc1. The molecule has 4 aromatic rings. The minimum atomic E-state index is -0.142. The van der Waals surface area contributed by atoms with Crippen LogP contribution >= 0.6 is 11.3 Å². The van der Waals surface area contributed by atoms with Crippen LogP contribution in [0.1, 0.15) is 43.6 Å². The van der Waals surface area contributed by atoms with Crippen molar-refractivity contribution in [2.45, 2.75) is 39.7 Å². The Bertz CT molecular complexity index is 1310. The predicted molar refractivity (Wildman–Crippen MR) is 141 cm³/mol. The van der Waals surface area contributed by atoms with Gasteiger partial charge >= 0.3 is 0 Å². The van der Waals surface area contributed by atoms with E-state index in [2.05, 4.69) is 67.2 Å². The molecule has 1 fully saturated rings. The highest BCUT2D eigenvalue weighted by molar-refractivity contribution is 7.20. The lowest BCUT2D eigenvalue weighted by Gasteiger charge is -2.34. The summed E-state index contributed by atoms with van der Waals surface area (Å²) in [5.41, 5.74) is 3.84. The van der Waals surface area contributed by atoms with Crippen LogP contribution in [0.15, 0.2) is 48.8 Å². The minimum absolute atomic E-state index is 0.0522. The molecule has 5 rings (SSSR count). The van der Waals surface area contributed by atoms with Crippen molar-refractivity contribution in [3.63, 3.8) is 0 Å². The van der Waals surface area contributed by atoms with Crippen molar-refractivity contribution in [3.8, 4) is 11.3 Å². The van der Waals surface area contributed by atoms with Gasteiger partial charge in [-0.1, -0.05) is 42.5 Å². The number of hydrogen-bond donors (Lipinski definition) is 1. The molecule has 8 nitrogen and oxygen atoms in total. The van der Waals surface area contributed by atoms with E-state index >= 15 is 0 Å². The first kappa shape index (κ1) is 23.3. The van der Waals surface area contributed by atoms with Crippen LogP contribution in [0.3, 0.4) is 0 Å². The van der Waals surface area contributed by atoms with Crippen molar-refractivity contribution in [1.82, 2.24) is 24.5 Å². The van der Waals surface area contributed by atoms with Gasteiger partial charge in [-0.25, -0.2) is 4.98 Å². The molecule has 1 amide bonds. The molecular formula is C26H31N7OS. The number of benzene rings is 1. The Morgan fingerprint density at radius 1 is 1.03 bits per heavy atom. The maximum Gasteiger partial charge on any atom is 0.254 e. The van der Waals surface area contributed by atoms with Crippen LogP contribution in [0.2, 0.25) is 0 Å². The number of carbonyl (C=O) groups is 1. The average Bonchev–Trinajstić information content (AvgIpc) is 3.43. The quantitative estimate of drug-likeness (QED) is 0.442. The van der Waals surface area contributed by atoms with Crippen LogP contribution in [0, 0.1) is 0 Å². The third-order valence-corrected chi connectivity index (χ3v) is 7.06. The first-order chi connectivity index (χ1) is 16.8. The molecule has 0 unspecified atom stereocenters. The monoisotopic (exact) mass is 489 g/mol. The lowest BCUT2D eigenvalue weighted by Crippen LogP contribution is -2.48. The molecule has 1 aromatic carbocycles. The van der Waals surface area contributed by atoms with Crippen LogP contribution < -0.4 is 10.2 Å². The highest BCUT2D eigenvalue weighted by Crippen LogP contribution is 2.35.